The van der Waals surface area contributed by atoms with E-state index in [0.29, 0.717) is 0 Å². The Morgan fingerprint density at radius 3 is 2.00 bits per heavy atom. The summed E-state index contributed by atoms with van der Waals surface area (Å²) in [6, 6.07) is 0. The second-order valence-corrected chi connectivity index (χ2v) is 8.67. The second-order valence-electron chi connectivity index (χ2n) is 4.63. The van der Waals surface area contributed by atoms with Gasteiger partial charge in [0, 0.05) is 13.1 Å². The summed E-state index contributed by atoms with van der Waals surface area (Å²) in [5.41, 5.74) is 0. The Kier molecular flexibility index (Phi) is 6.84. The number of carbonyl (C=O) groups is 1. The molecular formula is C11H25NO2Si. The molecule has 0 radical (unpaired) electrons. The lowest BCUT2D eigenvalue weighted by atomic mass is 10.4. The fourth-order valence-electron chi connectivity index (χ4n) is 1.86. The average Bonchev–Trinajstić information content (AvgIpc) is 2.01. The first-order valence-corrected chi connectivity index (χ1v) is 8.94. The normalized spacial score (nSPS) is 11.9. The van der Waals surface area contributed by atoms with Gasteiger partial charge >= 0.3 is 0 Å². The molecule has 0 aliphatic carbocycles. The Labute approximate surface area is 94.9 Å². The van der Waals surface area contributed by atoms with Crippen LogP contribution in [-0.4, -0.2) is 38.4 Å². The van der Waals surface area contributed by atoms with Crippen LogP contribution in [0.3, 0.4) is 0 Å². The monoisotopic (exact) mass is 231 g/mol. The zero-order valence-corrected chi connectivity index (χ0v) is 11.8. The third kappa shape index (κ3) is 7.56. The van der Waals surface area contributed by atoms with Crippen molar-refractivity contribution in [3.05, 3.63) is 0 Å². The van der Waals surface area contributed by atoms with Gasteiger partial charge in [0.15, 0.2) is 0 Å². The number of carbonyl (C=O) groups excluding carboxylic acids is 1. The predicted molar refractivity (Wildman–Crippen MR) is 66.3 cm³/mol. The van der Waals surface area contributed by atoms with Crippen LogP contribution in [0.4, 0.5) is 0 Å². The van der Waals surface area contributed by atoms with Gasteiger partial charge in [-0.15, -0.1) is 0 Å². The lowest BCUT2D eigenvalue weighted by Crippen LogP contribution is -2.46. The molecule has 0 atom stereocenters. The topological polar surface area (TPSA) is 29.5 Å². The number of rotatable bonds is 7. The van der Waals surface area contributed by atoms with E-state index in [1.807, 2.05) is 0 Å². The summed E-state index contributed by atoms with van der Waals surface area (Å²) in [4.78, 5) is 13.4. The minimum absolute atomic E-state index is 0.139. The highest BCUT2D eigenvalue weighted by atomic mass is 28.4. The number of nitrogens with zero attached hydrogens (tertiary/aromatic N) is 1. The van der Waals surface area contributed by atoms with Gasteiger partial charge in [-0.1, -0.05) is 13.8 Å². The first kappa shape index (κ1) is 14.6. The zero-order valence-electron chi connectivity index (χ0n) is 10.8. The van der Waals surface area contributed by atoms with Crippen molar-refractivity contribution in [2.45, 2.75) is 46.7 Å². The second kappa shape index (κ2) is 7.01. The molecule has 15 heavy (non-hydrogen) atoms. The van der Waals surface area contributed by atoms with Crippen molar-refractivity contribution in [3.63, 3.8) is 0 Å². The Balaban J connectivity index is 4.16. The maximum Gasteiger partial charge on any atom is 0.289 e. The summed E-state index contributed by atoms with van der Waals surface area (Å²) in [6.07, 6.45) is 3.27. The molecule has 0 rings (SSSR count). The minimum atomic E-state index is -1.83. The minimum Gasteiger partial charge on any atom is -0.518 e. The summed E-state index contributed by atoms with van der Waals surface area (Å²) in [5.74, 6) is -0.139. The Hall–Kier alpha value is -0.353. The van der Waals surface area contributed by atoms with Crippen molar-refractivity contribution in [1.82, 2.24) is 4.90 Å². The molecule has 90 valence electrons. The molecule has 0 saturated carbocycles. The lowest BCUT2D eigenvalue weighted by Gasteiger charge is -2.29. The third-order valence-corrected chi connectivity index (χ3v) is 4.15. The van der Waals surface area contributed by atoms with E-state index in [9.17, 15) is 4.79 Å². The Morgan fingerprint density at radius 1 is 1.20 bits per heavy atom. The van der Waals surface area contributed by atoms with Gasteiger partial charge in [-0.2, -0.15) is 0 Å². The highest BCUT2D eigenvalue weighted by molar-refractivity contribution is 6.72. The third-order valence-electron chi connectivity index (χ3n) is 2.10. The van der Waals surface area contributed by atoms with Gasteiger partial charge in [0.25, 0.3) is 14.3 Å². The Bertz CT molecular complexity index is 189. The molecule has 0 spiro atoms. The van der Waals surface area contributed by atoms with E-state index in [0.717, 1.165) is 32.1 Å². The zero-order chi connectivity index (χ0) is 11.9. The molecule has 0 heterocycles. The van der Waals surface area contributed by atoms with Crippen LogP contribution in [-0.2, 0) is 9.22 Å². The van der Waals surface area contributed by atoms with Crippen LogP contribution in [0.2, 0.25) is 13.1 Å². The SMILES string of the molecule is CCCN(CCC)C[Si](C)(C)OC(C)=O. The van der Waals surface area contributed by atoms with Gasteiger partial charge in [0.05, 0.1) is 0 Å². The standard InChI is InChI=1S/C11H25NO2Si/c1-6-8-12(9-7-2)10-15(4,5)14-11(3)13/h6-10H2,1-5H3. The van der Waals surface area contributed by atoms with Crippen LogP contribution in [0.25, 0.3) is 0 Å². The highest BCUT2D eigenvalue weighted by Gasteiger charge is 2.28. The quantitative estimate of drug-likeness (QED) is 0.630. The van der Waals surface area contributed by atoms with Gasteiger partial charge in [-0.05, 0) is 39.0 Å². The van der Waals surface area contributed by atoms with Crippen molar-refractivity contribution in [3.8, 4) is 0 Å². The lowest BCUT2D eigenvalue weighted by molar-refractivity contribution is -0.132. The summed E-state index contributed by atoms with van der Waals surface area (Å²) < 4.78 is 5.42. The number of hydrogen-bond donors (Lipinski definition) is 0. The Morgan fingerprint density at radius 2 is 1.67 bits per heavy atom. The van der Waals surface area contributed by atoms with Crippen molar-refractivity contribution < 1.29 is 9.22 Å². The molecule has 0 aromatic rings. The van der Waals surface area contributed by atoms with Crippen molar-refractivity contribution in [2.24, 2.45) is 0 Å². The number of hydrogen-bond acceptors (Lipinski definition) is 3. The first-order chi connectivity index (χ1) is 6.91. The van der Waals surface area contributed by atoms with Crippen LogP contribution in [0.5, 0.6) is 0 Å². The van der Waals surface area contributed by atoms with E-state index in [1.165, 1.54) is 6.92 Å². The van der Waals surface area contributed by atoms with Gasteiger partial charge in [-0.3, -0.25) is 4.79 Å². The van der Waals surface area contributed by atoms with Crippen molar-refractivity contribution in [2.75, 3.05) is 19.3 Å². The van der Waals surface area contributed by atoms with Crippen molar-refractivity contribution in [1.29, 1.82) is 0 Å². The van der Waals surface area contributed by atoms with Crippen LogP contribution in [0, 0.1) is 0 Å². The van der Waals surface area contributed by atoms with E-state index < -0.39 is 8.32 Å². The molecule has 0 unspecified atom stereocenters. The maximum atomic E-state index is 11.0. The molecule has 0 aliphatic rings. The molecule has 0 aromatic carbocycles. The maximum absolute atomic E-state index is 11.0. The summed E-state index contributed by atoms with van der Waals surface area (Å²) in [7, 11) is -1.83. The summed E-state index contributed by atoms with van der Waals surface area (Å²) in [6.45, 7) is 12.3. The van der Waals surface area contributed by atoms with Crippen LogP contribution in [0.15, 0.2) is 0 Å². The molecule has 3 nitrogen and oxygen atoms in total. The molecule has 0 fully saturated rings. The van der Waals surface area contributed by atoms with Gasteiger partial charge in [0.1, 0.15) is 0 Å². The van der Waals surface area contributed by atoms with Crippen molar-refractivity contribution >= 4 is 14.3 Å². The first-order valence-electron chi connectivity index (χ1n) is 5.83. The van der Waals surface area contributed by atoms with E-state index in [2.05, 4.69) is 31.8 Å². The molecule has 0 amide bonds. The van der Waals surface area contributed by atoms with Gasteiger partial charge in [-0.25, -0.2) is 0 Å². The van der Waals surface area contributed by atoms with Gasteiger partial charge < -0.3 is 9.33 Å². The molecular weight excluding hydrogens is 206 g/mol. The molecule has 0 aliphatic heterocycles. The fraction of sp³-hybridized carbons (Fsp3) is 0.909. The molecule has 0 saturated heterocycles. The van der Waals surface area contributed by atoms with Crippen LogP contribution in [0.1, 0.15) is 33.6 Å². The predicted octanol–water partition coefficient (Wildman–Crippen LogP) is 2.42. The van der Waals surface area contributed by atoms with Gasteiger partial charge in [0.2, 0.25) is 0 Å². The fourth-order valence-corrected chi connectivity index (χ4v) is 4.10. The molecule has 0 bridgehead atoms. The smallest absolute Gasteiger partial charge is 0.289 e. The summed E-state index contributed by atoms with van der Waals surface area (Å²) in [5, 5.41) is 0. The van der Waals surface area contributed by atoms with Crippen LogP contribution >= 0.6 is 0 Å². The van der Waals surface area contributed by atoms with E-state index in [1.54, 1.807) is 0 Å². The average molecular weight is 231 g/mol. The highest BCUT2D eigenvalue weighted by Crippen LogP contribution is 2.08. The van der Waals surface area contributed by atoms with E-state index >= 15 is 0 Å². The molecule has 4 heteroatoms. The molecule has 0 aromatic heterocycles. The molecule has 0 N–H and O–H groups in total. The summed E-state index contributed by atoms with van der Waals surface area (Å²) >= 11 is 0. The van der Waals surface area contributed by atoms with Crippen LogP contribution < -0.4 is 0 Å². The van der Waals surface area contributed by atoms with E-state index in [4.69, 9.17) is 4.43 Å². The van der Waals surface area contributed by atoms with E-state index in [-0.39, 0.29) is 5.97 Å². The largest absolute Gasteiger partial charge is 0.518 e.